The second-order valence-corrected chi connectivity index (χ2v) is 5.93. The lowest BCUT2D eigenvalue weighted by molar-refractivity contribution is -0.120. The van der Waals surface area contributed by atoms with Gasteiger partial charge in [-0.15, -0.1) is 11.3 Å². The van der Waals surface area contributed by atoms with Crippen molar-refractivity contribution in [2.24, 2.45) is 5.92 Å². The van der Waals surface area contributed by atoms with Gasteiger partial charge in [-0.1, -0.05) is 13.8 Å². The van der Waals surface area contributed by atoms with E-state index in [1.54, 1.807) is 11.3 Å². The molecule has 0 aromatic carbocycles. The Kier molecular flexibility index (Phi) is 4.72. The lowest BCUT2D eigenvalue weighted by Gasteiger charge is -2.08. The highest BCUT2D eigenvalue weighted by Gasteiger charge is 2.16. The van der Waals surface area contributed by atoms with Gasteiger partial charge in [0.15, 0.2) is 0 Å². The molecule has 1 aliphatic rings. The maximum absolute atomic E-state index is 11.8. The van der Waals surface area contributed by atoms with E-state index in [2.05, 4.69) is 24.1 Å². The quantitative estimate of drug-likeness (QED) is 0.888. The van der Waals surface area contributed by atoms with Crippen LogP contribution in [0.3, 0.4) is 0 Å². The molecule has 1 N–H and O–H groups in total. The van der Waals surface area contributed by atoms with Crippen molar-refractivity contribution in [3.8, 4) is 0 Å². The van der Waals surface area contributed by atoms with Crippen LogP contribution in [0.1, 0.15) is 36.9 Å². The standard InChI is InChI=1S/C13H20N2O2S/c1-9(2)13-15-11(8-18-13)5-12(16)14-6-10-3-4-17-7-10/h8-10H,3-7H2,1-2H3,(H,14,16)/t10-/m1/s1. The minimum Gasteiger partial charge on any atom is -0.381 e. The molecule has 1 saturated heterocycles. The Hall–Kier alpha value is -0.940. The number of ether oxygens (including phenoxy) is 1. The maximum Gasteiger partial charge on any atom is 0.226 e. The van der Waals surface area contributed by atoms with Gasteiger partial charge in [0.05, 0.1) is 23.7 Å². The first-order valence-electron chi connectivity index (χ1n) is 6.44. The summed E-state index contributed by atoms with van der Waals surface area (Å²) in [6.45, 7) is 6.55. The van der Waals surface area contributed by atoms with E-state index >= 15 is 0 Å². The van der Waals surface area contributed by atoms with Crippen molar-refractivity contribution >= 4 is 17.2 Å². The Labute approximate surface area is 112 Å². The molecule has 0 saturated carbocycles. The van der Waals surface area contributed by atoms with E-state index in [-0.39, 0.29) is 5.91 Å². The number of carbonyl (C=O) groups is 1. The van der Waals surface area contributed by atoms with Gasteiger partial charge in [-0.3, -0.25) is 4.79 Å². The highest BCUT2D eigenvalue weighted by atomic mass is 32.1. The number of amides is 1. The van der Waals surface area contributed by atoms with Gasteiger partial charge in [-0.25, -0.2) is 4.98 Å². The zero-order valence-electron chi connectivity index (χ0n) is 10.9. The first-order chi connectivity index (χ1) is 8.65. The average Bonchev–Trinajstić information content (AvgIpc) is 2.96. The zero-order valence-corrected chi connectivity index (χ0v) is 11.8. The number of nitrogens with zero attached hydrogens (tertiary/aromatic N) is 1. The molecule has 1 atom stereocenters. The lowest BCUT2D eigenvalue weighted by atomic mass is 10.1. The molecule has 2 rings (SSSR count). The van der Waals surface area contributed by atoms with Crippen LogP contribution in [0.15, 0.2) is 5.38 Å². The van der Waals surface area contributed by atoms with Crippen molar-refractivity contribution < 1.29 is 9.53 Å². The summed E-state index contributed by atoms with van der Waals surface area (Å²) in [6.07, 6.45) is 1.44. The van der Waals surface area contributed by atoms with Gasteiger partial charge >= 0.3 is 0 Å². The third-order valence-corrected chi connectivity index (χ3v) is 4.21. The SMILES string of the molecule is CC(C)c1nc(CC(=O)NC[C@H]2CCOC2)cs1. The summed E-state index contributed by atoms with van der Waals surface area (Å²) >= 11 is 1.63. The summed E-state index contributed by atoms with van der Waals surface area (Å²) in [4.78, 5) is 16.2. The summed E-state index contributed by atoms with van der Waals surface area (Å²) in [5.41, 5.74) is 0.879. The smallest absolute Gasteiger partial charge is 0.226 e. The summed E-state index contributed by atoms with van der Waals surface area (Å²) in [5, 5.41) is 6.04. The molecule has 0 aliphatic carbocycles. The largest absolute Gasteiger partial charge is 0.381 e. The molecular formula is C13H20N2O2S. The number of hydrogen-bond acceptors (Lipinski definition) is 4. The van der Waals surface area contributed by atoms with Crippen LogP contribution in [0.25, 0.3) is 0 Å². The predicted octanol–water partition coefficient (Wildman–Crippen LogP) is 1.96. The number of hydrogen-bond donors (Lipinski definition) is 1. The first-order valence-corrected chi connectivity index (χ1v) is 7.32. The molecular weight excluding hydrogens is 248 g/mol. The van der Waals surface area contributed by atoms with Gasteiger partial charge in [-0.05, 0) is 6.42 Å². The molecule has 100 valence electrons. The van der Waals surface area contributed by atoms with Crippen LogP contribution in [-0.2, 0) is 16.0 Å². The molecule has 2 heterocycles. The van der Waals surface area contributed by atoms with Gasteiger partial charge in [-0.2, -0.15) is 0 Å². The van der Waals surface area contributed by atoms with Crippen molar-refractivity contribution in [3.05, 3.63) is 16.1 Å². The Morgan fingerprint density at radius 1 is 1.67 bits per heavy atom. The highest BCUT2D eigenvalue weighted by molar-refractivity contribution is 7.09. The molecule has 0 unspecified atom stereocenters. The monoisotopic (exact) mass is 268 g/mol. The first kappa shape index (κ1) is 13.5. The van der Waals surface area contributed by atoms with Crippen LogP contribution in [-0.4, -0.2) is 30.6 Å². The fourth-order valence-electron chi connectivity index (χ4n) is 1.90. The topological polar surface area (TPSA) is 51.2 Å². The minimum absolute atomic E-state index is 0.0579. The summed E-state index contributed by atoms with van der Waals surface area (Å²) in [7, 11) is 0. The molecule has 0 spiro atoms. The average molecular weight is 268 g/mol. The van der Waals surface area contributed by atoms with Crippen LogP contribution < -0.4 is 5.32 Å². The number of aromatic nitrogens is 1. The van der Waals surface area contributed by atoms with Gasteiger partial charge in [0.2, 0.25) is 5.91 Å². The van der Waals surface area contributed by atoms with Crippen molar-refractivity contribution in [1.29, 1.82) is 0 Å². The lowest BCUT2D eigenvalue weighted by Crippen LogP contribution is -2.30. The molecule has 18 heavy (non-hydrogen) atoms. The fraction of sp³-hybridized carbons (Fsp3) is 0.692. The van der Waals surface area contributed by atoms with Crippen molar-refractivity contribution in [1.82, 2.24) is 10.3 Å². The predicted molar refractivity (Wildman–Crippen MR) is 71.8 cm³/mol. The third kappa shape index (κ3) is 3.78. The second kappa shape index (κ2) is 6.29. The van der Waals surface area contributed by atoms with Crippen molar-refractivity contribution in [3.63, 3.8) is 0 Å². The van der Waals surface area contributed by atoms with Crippen molar-refractivity contribution in [2.45, 2.75) is 32.6 Å². The molecule has 4 nitrogen and oxygen atoms in total. The maximum atomic E-state index is 11.8. The van der Waals surface area contributed by atoms with Gasteiger partial charge in [0.25, 0.3) is 0 Å². The zero-order chi connectivity index (χ0) is 13.0. The van der Waals surface area contributed by atoms with E-state index in [1.807, 2.05) is 5.38 Å². The van der Waals surface area contributed by atoms with E-state index in [9.17, 15) is 4.79 Å². The summed E-state index contributed by atoms with van der Waals surface area (Å²) < 4.78 is 5.28. The summed E-state index contributed by atoms with van der Waals surface area (Å²) in [5.74, 6) is 0.973. The fourth-order valence-corrected chi connectivity index (χ4v) is 2.73. The van der Waals surface area contributed by atoms with E-state index in [0.717, 1.165) is 36.9 Å². The van der Waals surface area contributed by atoms with Crippen molar-refractivity contribution in [2.75, 3.05) is 19.8 Å². The van der Waals surface area contributed by atoms with Crippen LogP contribution in [0.5, 0.6) is 0 Å². The van der Waals surface area contributed by atoms with E-state index in [4.69, 9.17) is 4.74 Å². The minimum atomic E-state index is 0.0579. The van der Waals surface area contributed by atoms with Gasteiger partial charge in [0, 0.05) is 30.4 Å². The summed E-state index contributed by atoms with van der Waals surface area (Å²) in [6, 6.07) is 0. The molecule has 1 aliphatic heterocycles. The Morgan fingerprint density at radius 3 is 3.11 bits per heavy atom. The Morgan fingerprint density at radius 2 is 2.50 bits per heavy atom. The van der Waals surface area contributed by atoms with Crippen LogP contribution in [0, 0.1) is 5.92 Å². The van der Waals surface area contributed by atoms with Gasteiger partial charge < -0.3 is 10.1 Å². The van der Waals surface area contributed by atoms with Crippen LogP contribution in [0.4, 0.5) is 0 Å². The molecule has 5 heteroatoms. The molecule has 1 amide bonds. The molecule has 0 radical (unpaired) electrons. The molecule has 1 aromatic heterocycles. The van der Waals surface area contributed by atoms with Gasteiger partial charge in [0.1, 0.15) is 0 Å². The van der Waals surface area contributed by atoms with E-state index < -0.39 is 0 Å². The second-order valence-electron chi connectivity index (χ2n) is 5.04. The Balaban J connectivity index is 1.75. The third-order valence-electron chi connectivity index (χ3n) is 3.02. The molecule has 0 bridgehead atoms. The normalized spacial score (nSPS) is 19.4. The Bertz CT molecular complexity index is 397. The molecule has 1 fully saturated rings. The van der Waals surface area contributed by atoms with E-state index in [1.165, 1.54) is 0 Å². The number of nitrogens with one attached hydrogen (secondary N) is 1. The van der Waals surface area contributed by atoms with E-state index in [0.29, 0.717) is 18.3 Å². The number of carbonyl (C=O) groups excluding carboxylic acids is 1. The van der Waals surface area contributed by atoms with Crippen LogP contribution in [0.2, 0.25) is 0 Å². The number of thiazole rings is 1. The highest BCUT2D eigenvalue weighted by Crippen LogP contribution is 2.19. The molecule has 1 aromatic rings. The number of rotatable bonds is 5. The van der Waals surface area contributed by atoms with Crippen LogP contribution >= 0.6 is 11.3 Å².